The molecule has 0 saturated heterocycles. The molecule has 0 amide bonds. The number of carboxylic acids is 1. The van der Waals surface area contributed by atoms with Gasteiger partial charge in [0, 0.05) is 21.4 Å². The number of nitrogens with zero attached hydrogens (tertiary/aromatic N) is 1. The number of benzene rings is 3. The molecule has 3 N–H and O–H groups in total. The molecule has 0 radical (unpaired) electrons. The van der Waals surface area contributed by atoms with Crippen LogP contribution >= 0.6 is 23.4 Å². The molecule has 1 fully saturated rings. The summed E-state index contributed by atoms with van der Waals surface area (Å²) >= 11 is 7.87. The van der Waals surface area contributed by atoms with E-state index in [2.05, 4.69) is 12.1 Å². The predicted molar refractivity (Wildman–Crippen MR) is 173 cm³/mol. The lowest BCUT2D eigenvalue weighted by Gasteiger charge is -2.27. The first-order valence-corrected chi connectivity index (χ1v) is 15.6. The van der Waals surface area contributed by atoms with Gasteiger partial charge in [0.2, 0.25) is 0 Å². The van der Waals surface area contributed by atoms with Gasteiger partial charge in [-0.1, -0.05) is 78.3 Å². The molecule has 7 heteroatoms. The van der Waals surface area contributed by atoms with E-state index in [1.165, 1.54) is 0 Å². The van der Waals surface area contributed by atoms with Gasteiger partial charge < -0.3 is 15.3 Å². The van der Waals surface area contributed by atoms with E-state index in [0.29, 0.717) is 28.3 Å². The Labute approximate surface area is 256 Å². The molecule has 1 saturated carbocycles. The molecule has 4 aromatic rings. The fourth-order valence-electron chi connectivity index (χ4n) is 5.37. The van der Waals surface area contributed by atoms with Crippen molar-refractivity contribution in [3.8, 4) is 0 Å². The number of aliphatic hydroxyl groups excluding tert-OH is 1. The van der Waals surface area contributed by atoms with Crippen LogP contribution in [0.2, 0.25) is 5.02 Å². The van der Waals surface area contributed by atoms with Crippen molar-refractivity contribution in [1.82, 2.24) is 4.98 Å². The fraction of sp³-hybridized carbons (Fsp3) is 0.314. The summed E-state index contributed by atoms with van der Waals surface area (Å²) in [6, 6.07) is 25.4. The highest BCUT2D eigenvalue weighted by molar-refractivity contribution is 7.99. The maximum Gasteiger partial charge on any atom is 0.303 e. The van der Waals surface area contributed by atoms with E-state index >= 15 is 0 Å². The van der Waals surface area contributed by atoms with Crippen molar-refractivity contribution in [2.45, 2.75) is 56.5 Å². The number of rotatable bonds is 12. The lowest BCUT2D eigenvalue weighted by atomic mass is 9.88. The van der Waals surface area contributed by atoms with Crippen molar-refractivity contribution in [2.24, 2.45) is 5.41 Å². The monoisotopic (exact) mass is 601 g/mol. The summed E-state index contributed by atoms with van der Waals surface area (Å²) in [5, 5.41) is 33.3. The molecule has 2 unspecified atom stereocenters. The number of hydrogen-bond donors (Lipinski definition) is 3. The van der Waals surface area contributed by atoms with Crippen LogP contribution in [-0.2, 0) is 10.4 Å². The minimum atomic E-state index is -1.09. The van der Waals surface area contributed by atoms with Crippen LogP contribution in [0.4, 0.5) is 0 Å². The van der Waals surface area contributed by atoms with E-state index in [1.54, 1.807) is 25.6 Å². The van der Waals surface area contributed by atoms with Crippen molar-refractivity contribution < 1.29 is 20.1 Å². The summed E-state index contributed by atoms with van der Waals surface area (Å²) in [6.07, 6.45) is 5.63. The quantitative estimate of drug-likeness (QED) is 0.151. The van der Waals surface area contributed by atoms with E-state index < -0.39 is 17.7 Å². The Kier molecular flexibility index (Phi) is 9.09. The normalized spacial score (nSPS) is 16.0. The van der Waals surface area contributed by atoms with Crippen molar-refractivity contribution in [1.29, 1.82) is 0 Å². The number of fused-ring (bicyclic) bond motifs is 1. The van der Waals surface area contributed by atoms with Crippen LogP contribution in [0, 0.1) is 5.41 Å². The minimum Gasteiger partial charge on any atom is -0.481 e. The third-order valence-electron chi connectivity index (χ3n) is 7.89. The highest BCUT2D eigenvalue weighted by Gasteiger charge is 2.44. The van der Waals surface area contributed by atoms with Crippen molar-refractivity contribution in [3.63, 3.8) is 0 Å². The average molecular weight is 602 g/mol. The second kappa shape index (κ2) is 12.6. The highest BCUT2D eigenvalue weighted by atomic mass is 35.5. The number of carboxylic acid groups (broad SMARTS) is 1. The third-order valence-corrected chi connectivity index (χ3v) is 9.78. The van der Waals surface area contributed by atoms with Gasteiger partial charge in [-0.2, -0.15) is 11.8 Å². The summed E-state index contributed by atoms with van der Waals surface area (Å²) in [4.78, 5) is 16.2. The number of aromatic nitrogens is 1. The fourth-order valence-corrected chi connectivity index (χ4v) is 7.13. The van der Waals surface area contributed by atoms with E-state index in [0.717, 1.165) is 40.6 Å². The number of halogens is 1. The van der Waals surface area contributed by atoms with Gasteiger partial charge in [-0.25, -0.2) is 4.98 Å². The second-order valence-corrected chi connectivity index (χ2v) is 13.5. The van der Waals surface area contributed by atoms with Gasteiger partial charge in [-0.15, -0.1) is 0 Å². The lowest BCUT2D eigenvalue weighted by Crippen LogP contribution is -2.20. The number of aliphatic hydroxyl groups is 2. The van der Waals surface area contributed by atoms with Crippen LogP contribution in [0.1, 0.15) is 78.8 Å². The predicted octanol–water partition coefficient (Wildman–Crippen LogP) is 8.44. The van der Waals surface area contributed by atoms with Gasteiger partial charge in [0.1, 0.15) is 0 Å². The molecular formula is C35H36ClNO4S. The number of pyridine rings is 1. The van der Waals surface area contributed by atoms with E-state index in [-0.39, 0.29) is 17.1 Å². The van der Waals surface area contributed by atoms with Gasteiger partial charge >= 0.3 is 5.97 Å². The molecule has 42 heavy (non-hydrogen) atoms. The molecule has 1 aliphatic carbocycles. The molecule has 1 heterocycles. The van der Waals surface area contributed by atoms with E-state index in [4.69, 9.17) is 16.6 Å². The first-order chi connectivity index (χ1) is 20.0. The Hall–Kier alpha value is -3.16. The van der Waals surface area contributed by atoms with Gasteiger partial charge in [0.05, 0.1) is 29.3 Å². The highest BCUT2D eigenvalue weighted by Crippen LogP contribution is 2.54. The maximum atomic E-state index is 11.5. The zero-order valence-corrected chi connectivity index (χ0v) is 25.4. The van der Waals surface area contributed by atoms with Crippen molar-refractivity contribution in [2.75, 3.05) is 5.75 Å². The number of thioether (sulfide) groups is 1. The van der Waals surface area contributed by atoms with E-state index in [9.17, 15) is 20.1 Å². The van der Waals surface area contributed by atoms with Crippen LogP contribution < -0.4 is 0 Å². The second-order valence-electron chi connectivity index (χ2n) is 11.8. The van der Waals surface area contributed by atoms with Crippen molar-refractivity contribution in [3.05, 3.63) is 112 Å². The molecule has 218 valence electrons. The van der Waals surface area contributed by atoms with Crippen LogP contribution in [0.5, 0.6) is 0 Å². The standard InChI is InChI=1S/C35H36ClNO4S/c1-34(2,41)29-9-4-3-8-28(29)31(38)20-32(42-22-35(16-17-35)21-33(39)40)25-7-5-6-23(18-25)10-14-27-15-12-24-11-13-26(36)19-30(24)37-27/h3-15,18-19,31-32,38,41H,16-17,20-22H2,1-2H3,(H,39,40). The minimum absolute atomic E-state index is 0.0737. The van der Waals surface area contributed by atoms with Crippen LogP contribution in [-0.4, -0.2) is 32.0 Å². The molecule has 5 rings (SSSR count). The molecule has 0 bridgehead atoms. The summed E-state index contributed by atoms with van der Waals surface area (Å²) < 4.78 is 0. The lowest BCUT2D eigenvalue weighted by molar-refractivity contribution is -0.138. The number of hydrogen-bond acceptors (Lipinski definition) is 5. The maximum absolute atomic E-state index is 11.5. The van der Waals surface area contributed by atoms with Crippen LogP contribution in [0.3, 0.4) is 0 Å². The van der Waals surface area contributed by atoms with Gasteiger partial charge in [-0.05, 0) is 85.1 Å². The SMILES string of the molecule is CC(C)(O)c1ccccc1C(O)CC(SCC1(CC(=O)O)CC1)c1cccc(C=Cc2ccc3ccc(Cl)cc3n2)c1. The molecule has 1 aromatic heterocycles. The average Bonchev–Trinajstić information content (AvgIpc) is 3.72. The Balaban J connectivity index is 1.40. The molecule has 1 aliphatic rings. The molecule has 0 spiro atoms. The Bertz CT molecular complexity index is 1610. The van der Waals surface area contributed by atoms with Crippen LogP contribution in [0.25, 0.3) is 23.1 Å². The zero-order chi connectivity index (χ0) is 29.9. The first-order valence-electron chi connectivity index (χ1n) is 14.2. The van der Waals surface area contributed by atoms with E-state index in [1.807, 2.05) is 78.9 Å². The summed E-state index contributed by atoms with van der Waals surface area (Å²) in [5.74, 6) is -0.0477. The Morgan fingerprint density at radius 2 is 1.81 bits per heavy atom. The molecule has 2 atom stereocenters. The van der Waals surface area contributed by atoms with Gasteiger partial charge in [0.25, 0.3) is 0 Å². The Morgan fingerprint density at radius 1 is 1.05 bits per heavy atom. The number of carbonyl (C=O) groups is 1. The zero-order valence-electron chi connectivity index (χ0n) is 23.8. The summed E-state index contributed by atoms with van der Waals surface area (Å²) in [5.41, 5.74) is 3.87. The molecule has 5 nitrogen and oxygen atoms in total. The number of aliphatic carboxylic acids is 1. The molecule has 0 aliphatic heterocycles. The summed E-state index contributed by atoms with van der Waals surface area (Å²) in [6.45, 7) is 3.45. The topological polar surface area (TPSA) is 90.7 Å². The van der Waals surface area contributed by atoms with Gasteiger partial charge in [0.15, 0.2) is 0 Å². The van der Waals surface area contributed by atoms with Gasteiger partial charge in [-0.3, -0.25) is 4.79 Å². The third kappa shape index (κ3) is 7.61. The van der Waals surface area contributed by atoms with Crippen molar-refractivity contribution >= 4 is 52.4 Å². The molecule has 3 aromatic carbocycles. The smallest absolute Gasteiger partial charge is 0.303 e. The Morgan fingerprint density at radius 3 is 2.55 bits per heavy atom. The molecular weight excluding hydrogens is 566 g/mol. The summed E-state index contributed by atoms with van der Waals surface area (Å²) in [7, 11) is 0. The first kappa shape index (κ1) is 30.3. The largest absolute Gasteiger partial charge is 0.481 e. The van der Waals surface area contributed by atoms with Crippen LogP contribution in [0.15, 0.2) is 78.9 Å².